The van der Waals surface area contributed by atoms with Crippen LogP contribution in [0.25, 0.3) is 5.69 Å². The molecule has 0 N–H and O–H groups in total. The standard InChI is InChI=1S/C23H23N3O4/c27-23(21-7-4-12-28-21)25(14-17-8-9-20-22(13-17)30-16-29-20)15-19-10-11-24-26(19)18-5-2-1-3-6-18/h1-3,5-6,8-11,13,21H,4,7,12,14-16H2/t21-/m1/s1. The van der Waals surface area contributed by atoms with Gasteiger partial charge in [0.05, 0.1) is 17.9 Å². The average Bonchev–Trinajstić information content (AvgIpc) is 3.54. The molecular weight excluding hydrogens is 382 g/mol. The zero-order valence-corrected chi connectivity index (χ0v) is 16.6. The van der Waals surface area contributed by atoms with Gasteiger partial charge in [0.2, 0.25) is 6.79 Å². The number of amides is 1. The van der Waals surface area contributed by atoms with E-state index in [1.807, 2.05) is 64.2 Å². The quantitative estimate of drug-likeness (QED) is 0.630. The van der Waals surface area contributed by atoms with E-state index in [1.165, 1.54) is 0 Å². The number of ether oxygens (including phenoxy) is 3. The van der Waals surface area contributed by atoms with Crippen molar-refractivity contribution in [2.24, 2.45) is 0 Å². The van der Waals surface area contributed by atoms with E-state index in [9.17, 15) is 4.79 Å². The summed E-state index contributed by atoms with van der Waals surface area (Å²) in [6, 6.07) is 17.7. The Morgan fingerprint density at radius 1 is 1.07 bits per heavy atom. The lowest BCUT2D eigenvalue weighted by molar-refractivity contribution is -0.142. The van der Waals surface area contributed by atoms with Crippen LogP contribution in [0.15, 0.2) is 60.8 Å². The van der Waals surface area contributed by atoms with Gasteiger partial charge in [-0.15, -0.1) is 0 Å². The second-order valence-corrected chi connectivity index (χ2v) is 7.45. The van der Waals surface area contributed by atoms with Crippen LogP contribution in [0.4, 0.5) is 0 Å². The summed E-state index contributed by atoms with van der Waals surface area (Å²) in [7, 11) is 0. The third kappa shape index (κ3) is 3.76. The molecule has 30 heavy (non-hydrogen) atoms. The number of nitrogens with zero attached hydrogens (tertiary/aromatic N) is 3. The maximum Gasteiger partial charge on any atom is 0.252 e. The summed E-state index contributed by atoms with van der Waals surface area (Å²) in [4.78, 5) is 15.1. The molecule has 1 saturated heterocycles. The Kier molecular flexibility index (Phi) is 5.11. The number of hydrogen-bond donors (Lipinski definition) is 0. The molecular formula is C23H23N3O4. The molecule has 0 unspecified atom stereocenters. The summed E-state index contributed by atoms with van der Waals surface area (Å²) in [6.45, 7) is 1.75. The maximum atomic E-state index is 13.3. The van der Waals surface area contributed by atoms with Crippen LogP contribution in [0.3, 0.4) is 0 Å². The first-order valence-electron chi connectivity index (χ1n) is 10.2. The average molecular weight is 405 g/mol. The zero-order chi connectivity index (χ0) is 20.3. The second-order valence-electron chi connectivity index (χ2n) is 7.45. The van der Waals surface area contributed by atoms with Crippen LogP contribution in [-0.2, 0) is 22.6 Å². The predicted octanol–water partition coefficient (Wildman–Crippen LogP) is 3.31. The molecule has 1 fully saturated rings. The van der Waals surface area contributed by atoms with E-state index in [2.05, 4.69) is 5.10 Å². The second kappa shape index (κ2) is 8.20. The van der Waals surface area contributed by atoms with Gasteiger partial charge in [-0.2, -0.15) is 5.10 Å². The summed E-state index contributed by atoms with van der Waals surface area (Å²) in [6.07, 6.45) is 3.05. The van der Waals surface area contributed by atoms with Crippen molar-refractivity contribution in [2.75, 3.05) is 13.4 Å². The molecule has 0 aliphatic carbocycles. The predicted molar refractivity (Wildman–Crippen MR) is 109 cm³/mol. The number of hydrogen-bond acceptors (Lipinski definition) is 5. The number of carbonyl (C=O) groups is 1. The number of carbonyl (C=O) groups excluding carboxylic acids is 1. The molecule has 7 nitrogen and oxygen atoms in total. The fraction of sp³-hybridized carbons (Fsp3) is 0.304. The number of fused-ring (bicyclic) bond motifs is 1. The number of benzene rings is 2. The molecule has 0 spiro atoms. The third-order valence-electron chi connectivity index (χ3n) is 5.40. The van der Waals surface area contributed by atoms with Gasteiger partial charge in [0.15, 0.2) is 11.5 Å². The van der Waals surface area contributed by atoms with E-state index >= 15 is 0 Å². The molecule has 0 radical (unpaired) electrons. The molecule has 5 rings (SSSR count). The van der Waals surface area contributed by atoms with Crippen molar-refractivity contribution >= 4 is 5.91 Å². The minimum absolute atomic E-state index is 0.00554. The van der Waals surface area contributed by atoms with Gasteiger partial charge < -0.3 is 19.1 Å². The number of para-hydroxylation sites is 1. The van der Waals surface area contributed by atoms with E-state index in [1.54, 1.807) is 6.20 Å². The summed E-state index contributed by atoms with van der Waals surface area (Å²) in [5.74, 6) is 1.45. The Morgan fingerprint density at radius 2 is 1.93 bits per heavy atom. The lowest BCUT2D eigenvalue weighted by Gasteiger charge is -2.26. The summed E-state index contributed by atoms with van der Waals surface area (Å²) in [5, 5.41) is 4.46. The highest BCUT2D eigenvalue weighted by Gasteiger charge is 2.29. The summed E-state index contributed by atoms with van der Waals surface area (Å²) in [5.41, 5.74) is 2.88. The Hall–Kier alpha value is -3.32. The topological polar surface area (TPSA) is 65.8 Å². The molecule has 2 aliphatic heterocycles. The highest BCUT2D eigenvalue weighted by Crippen LogP contribution is 2.33. The van der Waals surface area contributed by atoms with E-state index in [0.717, 1.165) is 35.5 Å². The normalized spacial score (nSPS) is 17.3. The molecule has 3 heterocycles. The van der Waals surface area contributed by atoms with Crippen LogP contribution in [0, 0.1) is 0 Å². The van der Waals surface area contributed by atoms with E-state index < -0.39 is 0 Å². The van der Waals surface area contributed by atoms with Crippen molar-refractivity contribution < 1.29 is 19.0 Å². The van der Waals surface area contributed by atoms with Gasteiger partial charge in [-0.25, -0.2) is 4.68 Å². The highest BCUT2D eigenvalue weighted by atomic mass is 16.7. The fourth-order valence-electron chi connectivity index (χ4n) is 3.90. The molecule has 0 saturated carbocycles. The van der Waals surface area contributed by atoms with Crippen LogP contribution in [-0.4, -0.2) is 40.1 Å². The summed E-state index contributed by atoms with van der Waals surface area (Å²) < 4.78 is 18.5. The van der Waals surface area contributed by atoms with Crippen LogP contribution >= 0.6 is 0 Å². The van der Waals surface area contributed by atoms with Crippen molar-refractivity contribution in [2.45, 2.75) is 32.0 Å². The maximum absolute atomic E-state index is 13.3. The van der Waals surface area contributed by atoms with Gasteiger partial charge >= 0.3 is 0 Å². The monoisotopic (exact) mass is 405 g/mol. The molecule has 1 atom stereocenters. The van der Waals surface area contributed by atoms with Crippen molar-refractivity contribution in [1.29, 1.82) is 0 Å². The molecule has 1 amide bonds. The molecule has 2 aliphatic rings. The summed E-state index contributed by atoms with van der Waals surface area (Å²) >= 11 is 0. The van der Waals surface area contributed by atoms with E-state index in [0.29, 0.717) is 25.4 Å². The van der Waals surface area contributed by atoms with Gasteiger partial charge in [0, 0.05) is 19.3 Å². The van der Waals surface area contributed by atoms with Gasteiger partial charge in [0.25, 0.3) is 5.91 Å². The number of aromatic nitrogens is 2. The van der Waals surface area contributed by atoms with Gasteiger partial charge in [-0.05, 0) is 48.7 Å². The van der Waals surface area contributed by atoms with Crippen LogP contribution < -0.4 is 9.47 Å². The minimum atomic E-state index is -0.382. The third-order valence-corrected chi connectivity index (χ3v) is 5.40. The van der Waals surface area contributed by atoms with Crippen LogP contribution in [0.1, 0.15) is 24.1 Å². The Bertz CT molecular complexity index is 1030. The van der Waals surface area contributed by atoms with Gasteiger partial charge in [-0.3, -0.25) is 4.79 Å². The van der Waals surface area contributed by atoms with Gasteiger partial charge in [-0.1, -0.05) is 24.3 Å². The smallest absolute Gasteiger partial charge is 0.252 e. The van der Waals surface area contributed by atoms with Crippen molar-refractivity contribution in [1.82, 2.24) is 14.7 Å². The first-order chi connectivity index (χ1) is 14.8. The van der Waals surface area contributed by atoms with Crippen molar-refractivity contribution in [3.05, 3.63) is 72.1 Å². The van der Waals surface area contributed by atoms with Crippen LogP contribution in [0.5, 0.6) is 11.5 Å². The molecule has 154 valence electrons. The lowest BCUT2D eigenvalue weighted by atomic mass is 10.1. The van der Waals surface area contributed by atoms with Gasteiger partial charge in [0.1, 0.15) is 6.10 Å². The first kappa shape index (κ1) is 18.7. The molecule has 1 aromatic heterocycles. The number of rotatable bonds is 6. The molecule has 3 aromatic rings. The largest absolute Gasteiger partial charge is 0.454 e. The molecule has 0 bridgehead atoms. The first-order valence-corrected chi connectivity index (χ1v) is 10.2. The lowest BCUT2D eigenvalue weighted by Crippen LogP contribution is -2.38. The van der Waals surface area contributed by atoms with Crippen LogP contribution in [0.2, 0.25) is 0 Å². The Labute approximate surface area is 174 Å². The Morgan fingerprint density at radius 3 is 2.77 bits per heavy atom. The molecule has 7 heteroatoms. The SMILES string of the molecule is O=C([C@H]1CCCO1)N(Cc1ccc2c(c1)OCO2)Cc1ccnn1-c1ccccc1. The zero-order valence-electron chi connectivity index (χ0n) is 16.6. The van der Waals surface area contributed by atoms with Crippen molar-refractivity contribution in [3.63, 3.8) is 0 Å². The Balaban J connectivity index is 1.42. The van der Waals surface area contributed by atoms with Crippen molar-refractivity contribution in [3.8, 4) is 17.2 Å². The highest BCUT2D eigenvalue weighted by molar-refractivity contribution is 5.81. The fourth-order valence-corrected chi connectivity index (χ4v) is 3.90. The molecule has 2 aromatic carbocycles. The van der Waals surface area contributed by atoms with E-state index in [-0.39, 0.29) is 18.8 Å². The van der Waals surface area contributed by atoms with E-state index in [4.69, 9.17) is 14.2 Å². The minimum Gasteiger partial charge on any atom is -0.454 e.